The van der Waals surface area contributed by atoms with Gasteiger partial charge in [0.05, 0.1) is 4.92 Å². The van der Waals surface area contributed by atoms with Gasteiger partial charge in [-0.25, -0.2) is 0 Å². The standard InChI is InChI=1S/C8H9NO.C6H5NO2.C2H4OS.C2H6/c1-7(10)9-8-5-3-2-4-6-8;8-7(9)6-4-2-1-3-5-6;1-2(3)4;1-2/h2-6H,1H3,(H,9,10);1-5H;1H3,(H,3,4);1-2H3. The van der Waals surface area contributed by atoms with Gasteiger partial charge in [0.15, 0.2) is 5.12 Å². The predicted octanol–water partition coefficient (Wildman–Crippen LogP) is 4.73. The molecule has 0 bridgehead atoms. The van der Waals surface area contributed by atoms with Crippen LogP contribution >= 0.6 is 12.6 Å². The SMILES string of the molecule is CC.CC(=O)Nc1ccccc1.CC(=O)S.O=[N+]([O-])c1ccccc1. The fourth-order valence-electron chi connectivity index (χ4n) is 1.27. The summed E-state index contributed by atoms with van der Waals surface area (Å²) in [5.41, 5.74) is 0.979. The van der Waals surface area contributed by atoms with Gasteiger partial charge in [0.25, 0.3) is 5.69 Å². The summed E-state index contributed by atoms with van der Waals surface area (Å²) in [7, 11) is 0. The third kappa shape index (κ3) is 17.5. The first-order chi connectivity index (χ1) is 11.8. The highest BCUT2D eigenvalue weighted by molar-refractivity contribution is 7.96. The highest BCUT2D eigenvalue weighted by atomic mass is 32.1. The van der Waals surface area contributed by atoms with Gasteiger partial charge in [0, 0.05) is 31.7 Å². The van der Waals surface area contributed by atoms with Crippen molar-refractivity contribution in [2.24, 2.45) is 0 Å². The van der Waals surface area contributed by atoms with Gasteiger partial charge in [-0.3, -0.25) is 19.7 Å². The number of nitrogens with one attached hydrogen (secondary N) is 1. The van der Waals surface area contributed by atoms with Crippen LogP contribution in [0, 0.1) is 10.1 Å². The van der Waals surface area contributed by atoms with E-state index in [1.807, 2.05) is 44.2 Å². The van der Waals surface area contributed by atoms with Crippen molar-refractivity contribution in [1.29, 1.82) is 0 Å². The van der Waals surface area contributed by atoms with Crippen molar-refractivity contribution in [2.45, 2.75) is 27.7 Å². The highest BCUT2D eigenvalue weighted by Crippen LogP contribution is 2.06. The van der Waals surface area contributed by atoms with Gasteiger partial charge >= 0.3 is 0 Å². The summed E-state index contributed by atoms with van der Waals surface area (Å²) in [4.78, 5) is 29.4. The van der Waals surface area contributed by atoms with E-state index in [9.17, 15) is 19.7 Å². The minimum absolute atomic E-state index is 0.0359. The molecule has 2 aromatic carbocycles. The van der Waals surface area contributed by atoms with Crippen LogP contribution in [-0.2, 0) is 9.59 Å². The van der Waals surface area contributed by atoms with Crippen LogP contribution in [0.4, 0.5) is 11.4 Å². The lowest BCUT2D eigenvalue weighted by molar-refractivity contribution is -0.384. The van der Waals surface area contributed by atoms with Crippen molar-refractivity contribution in [2.75, 3.05) is 5.32 Å². The van der Waals surface area contributed by atoms with Crippen LogP contribution in [0.3, 0.4) is 0 Å². The van der Waals surface area contributed by atoms with Crippen molar-refractivity contribution < 1.29 is 14.5 Å². The van der Waals surface area contributed by atoms with Gasteiger partial charge in [-0.1, -0.05) is 50.2 Å². The van der Waals surface area contributed by atoms with E-state index in [1.165, 1.54) is 26.0 Å². The summed E-state index contributed by atoms with van der Waals surface area (Å²) in [6, 6.07) is 17.3. The zero-order valence-corrected chi connectivity index (χ0v) is 15.7. The first kappa shape index (κ1) is 24.6. The Kier molecular flexibility index (Phi) is 15.9. The van der Waals surface area contributed by atoms with Crippen molar-refractivity contribution in [3.63, 3.8) is 0 Å². The van der Waals surface area contributed by atoms with Crippen molar-refractivity contribution >= 4 is 35.0 Å². The Morgan fingerprint density at radius 3 is 1.56 bits per heavy atom. The quantitative estimate of drug-likeness (QED) is 0.458. The summed E-state index contributed by atoms with van der Waals surface area (Å²) >= 11 is 3.33. The number of carbonyl (C=O) groups excluding carboxylic acids is 2. The number of thiol groups is 1. The Bertz CT molecular complexity index is 615. The summed E-state index contributed by atoms with van der Waals surface area (Å²) in [6.45, 7) is 6.89. The number of anilines is 1. The molecule has 0 saturated carbocycles. The van der Waals surface area contributed by atoms with E-state index < -0.39 is 4.92 Å². The van der Waals surface area contributed by atoms with Crippen LogP contribution in [0.2, 0.25) is 0 Å². The molecule has 0 unspecified atom stereocenters. The van der Waals surface area contributed by atoms with Crippen LogP contribution in [0.1, 0.15) is 27.7 Å². The summed E-state index contributed by atoms with van der Waals surface area (Å²) in [5.74, 6) is -0.0359. The van der Waals surface area contributed by atoms with Gasteiger partial charge in [0.2, 0.25) is 5.91 Å². The average molecular weight is 364 g/mol. The second-order valence-electron chi connectivity index (χ2n) is 4.16. The number of nitro benzene ring substituents is 1. The maximum atomic E-state index is 10.5. The first-order valence-corrected chi connectivity index (χ1v) is 7.99. The molecule has 2 aromatic rings. The summed E-state index contributed by atoms with van der Waals surface area (Å²) in [6.07, 6.45) is 0. The minimum atomic E-state index is -0.417. The summed E-state index contributed by atoms with van der Waals surface area (Å²) in [5, 5.41) is 12.5. The number of para-hydroxylation sites is 2. The number of hydrogen-bond acceptors (Lipinski definition) is 4. The van der Waals surface area contributed by atoms with E-state index in [0.717, 1.165) is 5.69 Å². The molecule has 0 aliphatic heterocycles. The van der Waals surface area contributed by atoms with E-state index in [4.69, 9.17) is 0 Å². The first-order valence-electron chi connectivity index (χ1n) is 7.54. The van der Waals surface area contributed by atoms with Gasteiger partial charge in [-0.15, -0.1) is 12.6 Å². The van der Waals surface area contributed by atoms with Gasteiger partial charge in [0.1, 0.15) is 0 Å². The van der Waals surface area contributed by atoms with Gasteiger partial charge in [-0.05, 0) is 12.1 Å². The van der Waals surface area contributed by atoms with Crippen LogP contribution in [0.15, 0.2) is 60.7 Å². The van der Waals surface area contributed by atoms with Crippen molar-refractivity contribution in [3.8, 4) is 0 Å². The molecule has 1 amide bonds. The normalized spacial score (nSPS) is 8.04. The number of nitrogens with zero attached hydrogens (tertiary/aromatic N) is 1. The largest absolute Gasteiger partial charge is 0.326 e. The Morgan fingerprint density at radius 2 is 1.28 bits per heavy atom. The third-order valence-electron chi connectivity index (χ3n) is 2.06. The molecule has 2 rings (SSSR count). The van der Waals surface area contributed by atoms with Crippen molar-refractivity contribution in [1.82, 2.24) is 0 Å². The predicted molar refractivity (Wildman–Crippen MR) is 105 cm³/mol. The summed E-state index contributed by atoms with van der Waals surface area (Å²) < 4.78 is 0. The number of non-ortho nitro benzene ring substituents is 1. The number of rotatable bonds is 2. The Hall–Kier alpha value is -2.67. The minimum Gasteiger partial charge on any atom is -0.326 e. The second kappa shape index (κ2) is 16.2. The number of nitro groups is 1. The molecule has 0 heterocycles. The maximum absolute atomic E-state index is 10.5. The number of hydrogen-bond donors (Lipinski definition) is 2. The molecule has 0 aromatic heterocycles. The molecule has 0 fully saturated rings. The number of amides is 1. The van der Waals surface area contributed by atoms with Gasteiger partial charge < -0.3 is 5.32 Å². The van der Waals surface area contributed by atoms with E-state index >= 15 is 0 Å². The molecule has 6 nitrogen and oxygen atoms in total. The molecule has 0 atom stereocenters. The molecule has 0 aliphatic rings. The molecular formula is C18H24N2O4S. The molecule has 0 saturated heterocycles. The van der Waals surface area contributed by atoms with E-state index in [0.29, 0.717) is 0 Å². The average Bonchev–Trinajstić information content (AvgIpc) is 2.58. The lowest BCUT2D eigenvalue weighted by atomic mass is 10.3. The number of benzene rings is 2. The van der Waals surface area contributed by atoms with Crippen LogP contribution in [0.5, 0.6) is 0 Å². The molecular weight excluding hydrogens is 340 g/mol. The molecule has 136 valence electrons. The fraction of sp³-hybridized carbons (Fsp3) is 0.222. The van der Waals surface area contributed by atoms with E-state index in [1.54, 1.807) is 18.2 Å². The van der Waals surface area contributed by atoms with Gasteiger partial charge in [-0.2, -0.15) is 0 Å². The lowest BCUT2D eigenvalue weighted by Gasteiger charge is -1.98. The molecule has 25 heavy (non-hydrogen) atoms. The molecule has 0 aliphatic carbocycles. The zero-order chi connectivity index (χ0) is 19.7. The molecule has 0 radical (unpaired) electrons. The Balaban J connectivity index is 0. The maximum Gasteiger partial charge on any atom is 0.269 e. The Morgan fingerprint density at radius 1 is 0.920 bits per heavy atom. The van der Waals surface area contributed by atoms with E-state index in [2.05, 4.69) is 17.9 Å². The highest BCUT2D eigenvalue weighted by Gasteiger charge is 1.98. The lowest BCUT2D eigenvalue weighted by Crippen LogP contribution is -2.04. The van der Waals surface area contributed by atoms with Crippen molar-refractivity contribution in [3.05, 3.63) is 70.8 Å². The second-order valence-corrected chi connectivity index (χ2v) is 4.79. The zero-order valence-electron chi connectivity index (χ0n) is 14.8. The Labute approximate surface area is 153 Å². The monoisotopic (exact) mass is 364 g/mol. The topological polar surface area (TPSA) is 89.3 Å². The molecule has 1 N–H and O–H groups in total. The number of carbonyl (C=O) groups is 2. The third-order valence-corrected chi connectivity index (χ3v) is 2.06. The van der Waals surface area contributed by atoms with Crippen LogP contribution < -0.4 is 5.32 Å². The van der Waals surface area contributed by atoms with Crippen LogP contribution in [-0.4, -0.2) is 15.9 Å². The molecule has 0 spiro atoms. The smallest absolute Gasteiger partial charge is 0.269 e. The fourth-order valence-corrected chi connectivity index (χ4v) is 1.27. The molecule has 7 heteroatoms. The van der Waals surface area contributed by atoms with Crippen LogP contribution in [0.25, 0.3) is 0 Å². The van der Waals surface area contributed by atoms with E-state index in [-0.39, 0.29) is 16.7 Å².